The third kappa shape index (κ3) is 1.15. The Morgan fingerprint density at radius 1 is 1.38 bits per heavy atom. The number of nitrogens with zero attached hydrogens (tertiary/aromatic N) is 2. The van der Waals surface area contributed by atoms with Crippen molar-refractivity contribution in [1.29, 1.82) is 0 Å². The van der Waals surface area contributed by atoms with Gasteiger partial charge in [0.15, 0.2) is 0 Å². The lowest BCUT2D eigenvalue weighted by Gasteiger charge is -2.09. The molecule has 80 valence electrons. The molecule has 1 aliphatic carbocycles. The van der Waals surface area contributed by atoms with E-state index in [1.807, 2.05) is 19.3 Å². The molecule has 1 saturated carbocycles. The number of aliphatic imine (C=N–C) groups is 1. The summed E-state index contributed by atoms with van der Waals surface area (Å²) in [6.45, 7) is 0. The molecule has 3 rings (SSSR count). The Bertz CT molecular complexity index is 601. The summed E-state index contributed by atoms with van der Waals surface area (Å²) in [6.07, 6.45) is 5.65. The number of hydrogen-bond acceptors (Lipinski definition) is 2. The number of isocyanates is 1. The molecule has 0 bridgehead atoms. The molecule has 3 heteroatoms. The molecule has 0 aliphatic heterocycles. The van der Waals surface area contributed by atoms with Crippen molar-refractivity contribution in [2.24, 2.45) is 12.0 Å². The summed E-state index contributed by atoms with van der Waals surface area (Å²) >= 11 is 0. The SMILES string of the molecule is Cn1ccc2c(C3(N=C=O)CC3)cccc21. The van der Waals surface area contributed by atoms with E-state index in [2.05, 4.69) is 27.8 Å². The van der Waals surface area contributed by atoms with Crippen LogP contribution < -0.4 is 0 Å². The molecule has 0 amide bonds. The molecule has 0 saturated heterocycles. The van der Waals surface area contributed by atoms with Crippen LogP contribution in [0.3, 0.4) is 0 Å². The average Bonchev–Trinajstić information content (AvgIpc) is 2.98. The summed E-state index contributed by atoms with van der Waals surface area (Å²) in [5.41, 5.74) is 2.07. The van der Waals surface area contributed by atoms with E-state index in [4.69, 9.17) is 0 Å². The summed E-state index contributed by atoms with van der Waals surface area (Å²) in [7, 11) is 2.02. The van der Waals surface area contributed by atoms with Crippen molar-refractivity contribution < 1.29 is 4.79 Å². The van der Waals surface area contributed by atoms with E-state index in [-0.39, 0.29) is 5.54 Å². The molecular formula is C13H12N2O. The molecule has 0 N–H and O–H groups in total. The Balaban J connectivity index is 2.28. The second-order valence-corrected chi connectivity index (χ2v) is 4.40. The van der Waals surface area contributed by atoms with Gasteiger partial charge in [0.05, 0.1) is 5.54 Å². The Labute approximate surface area is 93.4 Å². The third-order valence-electron chi connectivity index (χ3n) is 3.41. The maximum Gasteiger partial charge on any atom is 0.235 e. The molecule has 1 aliphatic rings. The predicted octanol–water partition coefficient (Wildman–Crippen LogP) is 2.50. The average molecular weight is 212 g/mol. The largest absolute Gasteiger partial charge is 0.351 e. The zero-order valence-electron chi connectivity index (χ0n) is 9.10. The number of aryl methyl sites for hydroxylation is 1. The van der Waals surface area contributed by atoms with Crippen LogP contribution in [-0.2, 0) is 17.4 Å². The van der Waals surface area contributed by atoms with Gasteiger partial charge in [0.1, 0.15) is 0 Å². The second-order valence-electron chi connectivity index (χ2n) is 4.40. The van der Waals surface area contributed by atoms with Gasteiger partial charge in [-0.3, -0.25) is 0 Å². The van der Waals surface area contributed by atoms with Gasteiger partial charge in [-0.05, 0) is 30.5 Å². The quantitative estimate of drug-likeness (QED) is 0.556. The lowest BCUT2D eigenvalue weighted by atomic mass is 10.0. The van der Waals surface area contributed by atoms with Gasteiger partial charge >= 0.3 is 0 Å². The smallest absolute Gasteiger partial charge is 0.235 e. The van der Waals surface area contributed by atoms with Gasteiger partial charge in [0.2, 0.25) is 6.08 Å². The number of carbonyl (C=O) groups excluding carboxylic acids is 1. The number of aromatic nitrogens is 1. The van der Waals surface area contributed by atoms with E-state index in [0.29, 0.717) is 0 Å². The van der Waals surface area contributed by atoms with Crippen molar-refractivity contribution in [3.63, 3.8) is 0 Å². The van der Waals surface area contributed by atoms with Crippen LogP contribution in [0.15, 0.2) is 35.5 Å². The zero-order chi connectivity index (χ0) is 11.2. The molecule has 1 aromatic heterocycles. The van der Waals surface area contributed by atoms with Crippen LogP contribution in [0.5, 0.6) is 0 Å². The highest BCUT2D eigenvalue weighted by Gasteiger charge is 2.45. The highest BCUT2D eigenvalue weighted by molar-refractivity contribution is 5.85. The molecule has 0 unspecified atom stereocenters. The highest BCUT2D eigenvalue weighted by Crippen LogP contribution is 2.51. The number of rotatable bonds is 2. The third-order valence-corrected chi connectivity index (χ3v) is 3.41. The van der Waals surface area contributed by atoms with Crippen LogP contribution in [0.1, 0.15) is 18.4 Å². The number of benzene rings is 1. The van der Waals surface area contributed by atoms with E-state index in [9.17, 15) is 4.79 Å². The van der Waals surface area contributed by atoms with Gasteiger partial charge < -0.3 is 4.57 Å². The van der Waals surface area contributed by atoms with Crippen LogP contribution >= 0.6 is 0 Å². The van der Waals surface area contributed by atoms with E-state index < -0.39 is 0 Å². The van der Waals surface area contributed by atoms with Gasteiger partial charge in [-0.15, -0.1) is 0 Å². The maximum absolute atomic E-state index is 10.5. The monoisotopic (exact) mass is 212 g/mol. The first-order valence-corrected chi connectivity index (χ1v) is 5.40. The summed E-state index contributed by atoms with van der Waals surface area (Å²) in [4.78, 5) is 14.5. The molecule has 1 aromatic carbocycles. The van der Waals surface area contributed by atoms with Crippen molar-refractivity contribution >= 4 is 17.0 Å². The zero-order valence-corrected chi connectivity index (χ0v) is 9.10. The fourth-order valence-electron chi connectivity index (χ4n) is 2.36. The van der Waals surface area contributed by atoms with Gasteiger partial charge in [0.25, 0.3) is 0 Å². The minimum absolute atomic E-state index is 0.275. The van der Waals surface area contributed by atoms with Gasteiger partial charge in [-0.2, -0.15) is 4.99 Å². The Kier molecular flexibility index (Phi) is 1.79. The Hall–Kier alpha value is -1.86. The normalized spacial score (nSPS) is 17.1. The molecule has 0 radical (unpaired) electrons. The van der Waals surface area contributed by atoms with Crippen LogP contribution in [0.25, 0.3) is 10.9 Å². The van der Waals surface area contributed by atoms with E-state index >= 15 is 0 Å². The van der Waals surface area contributed by atoms with E-state index in [0.717, 1.165) is 18.4 Å². The maximum atomic E-state index is 10.5. The van der Waals surface area contributed by atoms with Gasteiger partial charge in [0, 0.05) is 24.1 Å². The topological polar surface area (TPSA) is 34.4 Å². The first kappa shape index (κ1) is 9.37. The fourth-order valence-corrected chi connectivity index (χ4v) is 2.36. The number of fused-ring (bicyclic) bond motifs is 1. The Morgan fingerprint density at radius 2 is 2.19 bits per heavy atom. The molecule has 3 nitrogen and oxygen atoms in total. The molecule has 0 spiro atoms. The highest BCUT2D eigenvalue weighted by atomic mass is 16.1. The molecule has 1 fully saturated rings. The van der Waals surface area contributed by atoms with Crippen molar-refractivity contribution in [2.75, 3.05) is 0 Å². The standard InChI is InChI=1S/C13H12N2O/c1-15-8-5-10-11(3-2-4-12(10)15)13(6-7-13)14-9-16/h2-5,8H,6-7H2,1H3. The van der Waals surface area contributed by atoms with Gasteiger partial charge in [-0.1, -0.05) is 12.1 Å². The van der Waals surface area contributed by atoms with Crippen molar-refractivity contribution in [3.05, 3.63) is 36.0 Å². The Morgan fingerprint density at radius 3 is 2.88 bits per heavy atom. The summed E-state index contributed by atoms with van der Waals surface area (Å²) in [5.74, 6) is 0. The molecule has 16 heavy (non-hydrogen) atoms. The summed E-state index contributed by atoms with van der Waals surface area (Å²) in [6, 6.07) is 8.26. The summed E-state index contributed by atoms with van der Waals surface area (Å²) in [5, 5.41) is 1.20. The predicted molar refractivity (Wildman–Crippen MR) is 62.0 cm³/mol. The fraction of sp³-hybridized carbons (Fsp3) is 0.308. The lowest BCUT2D eigenvalue weighted by molar-refractivity contribution is 0.556. The molecule has 0 atom stereocenters. The minimum atomic E-state index is -0.275. The van der Waals surface area contributed by atoms with E-state index in [1.54, 1.807) is 6.08 Å². The lowest BCUT2D eigenvalue weighted by Crippen LogP contribution is -2.02. The number of hydrogen-bond donors (Lipinski definition) is 0. The second kappa shape index (κ2) is 3.06. The van der Waals surface area contributed by atoms with Crippen LogP contribution in [0, 0.1) is 0 Å². The molecular weight excluding hydrogens is 200 g/mol. The van der Waals surface area contributed by atoms with Crippen molar-refractivity contribution in [3.8, 4) is 0 Å². The van der Waals surface area contributed by atoms with Crippen LogP contribution in [0.4, 0.5) is 0 Å². The minimum Gasteiger partial charge on any atom is -0.351 e. The van der Waals surface area contributed by atoms with Crippen LogP contribution in [-0.4, -0.2) is 10.6 Å². The first-order chi connectivity index (χ1) is 7.77. The van der Waals surface area contributed by atoms with Crippen molar-refractivity contribution in [1.82, 2.24) is 4.57 Å². The molecule has 1 heterocycles. The van der Waals surface area contributed by atoms with Gasteiger partial charge in [-0.25, -0.2) is 4.79 Å². The summed E-state index contributed by atoms with van der Waals surface area (Å²) < 4.78 is 2.08. The van der Waals surface area contributed by atoms with Crippen molar-refractivity contribution in [2.45, 2.75) is 18.4 Å². The van der Waals surface area contributed by atoms with Crippen LogP contribution in [0.2, 0.25) is 0 Å². The molecule has 2 aromatic rings. The van der Waals surface area contributed by atoms with E-state index in [1.165, 1.54) is 10.9 Å². The first-order valence-electron chi connectivity index (χ1n) is 5.40.